The van der Waals surface area contributed by atoms with E-state index in [0.29, 0.717) is 6.04 Å². The zero-order valence-electron chi connectivity index (χ0n) is 5.50. The molecular weight excluding hydrogens is 118 g/mol. The Kier molecular flexibility index (Phi) is 1.71. The molecule has 1 heterocycles. The Labute approximate surface area is 54.1 Å². The standard InChI is InChI=1S/C6H11NO2/c1-4-2-3-5(7-4)6(8)9/h4-5,7H,2-3H2,1H3,(H,8,9)/p+1. The number of carbonyl (C=O) groups is 1. The topological polar surface area (TPSA) is 53.9 Å². The van der Waals surface area contributed by atoms with Crippen LogP contribution in [0.2, 0.25) is 0 Å². The molecule has 2 atom stereocenters. The molecule has 1 saturated heterocycles. The fourth-order valence-electron chi connectivity index (χ4n) is 1.24. The van der Waals surface area contributed by atoms with Gasteiger partial charge in [-0.1, -0.05) is 0 Å². The van der Waals surface area contributed by atoms with Crippen molar-refractivity contribution in [3.05, 3.63) is 0 Å². The smallest absolute Gasteiger partial charge is 0.362 e. The lowest BCUT2D eigenvalue weighted by Crippen LogP contribution is -2.92. The lowest BCUT2D eigenvalue weighted by Gasteiger charge is -2.00. The first kappa shape index (κ1) is 6.55. The third kappa shape index (κ3) is 1.42. The van der Waals surface area contributed by atoms with Crippen molar-refractivity contribution in [1.82, 2.24) is 0 Å². The molecule has 1 aliphatic heterocycles. The van der Waals surface area contributed by atoms with E-state index in [2.05, 4.69) is 6.92 Å². The predicted molar refractivity (Wildman–Crippen MR) is 32.0 cm³/mol. The van der Waals surface area contributed by atoms with Gasteiger partial charge in [0.15, 0.2) is 6.04 Å². The van der Waals surface area contributed by atoms with Crippen LogP contribution in [0.3, 0.4) is 0 Å². The van der Waals surface area contributed by atoms with Crippen molar-refractivity contribution in [1.29, 1.82) is 0 Å². The fourth-order valence-corrected chi connectivity index (χ4v) is 1.24. The summed E-state index contributed by atoms with van der Waals surface area (Å²) >= 11 is 0. The SMILES string of the molecule is CC1CCC(C(=O)O)[NH2+]1. The molecule has 0 radical (unpaired) electrons. The number of hydrogen-bond donors (Lipinski definition) is 2. The van der Waals surface area contributed by atoms with Gasteiger partial charge in [0.05, 0.1) is 6.04 Å². The Morgan fingerprint density at radius 2 is 2.33 bits per heavy atom. The van der Waals surface area contributed by atoms with Crippen LogP contribution in [0.4, 0.5) is 0 Å². The molecule has 0 saturated carbocycles. The summed E-state index contributed by atoms with van der Waals surface area (Å²) in [6.07, 6.45) is 1.87. The summed E-state index contributed by atoms with van der Waals surface area (Å²) < 4.78 is 0. The van der Waals surface area contributed by atoms with Gasteiger partial charge in [-0.25, -0.2) is 4.79 Å². The first-order valence-electron chi connectivity index (χ1n) is 3.28. The molecule has 3 N–H and O–H groups in total. The van der Waals surface area contributed by atoms with Gasteiger partial charge in [-0.15, -0.1) is 0 Å². The predicted octanol–water partition coefficient (Wildman–Crippen LogP) is -0.815. The maximum absolute atomic E-state index is 10.3. The fraction of sp³-hybridized carbons (Fsp3) is 0.833. The zero-order chi connectivity index (χ0) is 6.85. The summed E-state index contributed by atoms with van der Waals surface area (Å²) in [4.78, 5) is 10.3. The second-order valence-corrected chi connectivity index (χ2v) is 2.69. The monoisotopic (exact) mass is 130 g/mol. The van der Waals surface area contributed by atoms with Crippen molar-refractivity contribution < 1.29 is 15.2 Å². The van der Waals surface area contributed by atoms with Crippen molar-refractivity contribution in [2.24, 2.45) is 0 Å². The number of hydrogen-bond acceptors (Lipinski definition) is 1. The molecule has 3 heteroatoms. The van der Waals surface area contributed by atoms with Gasteiger partial charge in [-0.05, 0) is 6.92 Å². The zero-order valence-corrected chi connectivity index (χ0v) is 5.50. The van der Waals surface area contributed by atoms with Gasteiger partial charge in [-0.2, -0.15) is 0 Å². The second-order valence-electron chi connectivity index (χ2n) is 2.69. The van der Waals surface area contributed by atoms with E-state index in [9.17, 15) is 4.79 Å². The molecule has 52 valence electrons. The third-order valence-corrected chi connectivity index (χ3v) is 1.81. The van der Waals surface area contributed by atoms with Gasteiger partial charge in [0.2, 0.25) is 0 Å². The molecule has 0 aromatic carbocycles. The maximum atomic E-state index is 10.3. The van der Waals surface area contributed by atoms with Crippen molar-refractivity contribution in [3.8, 4) is 0 Å². The number of carboxylic acids is 1. The summed E-state index contributed by atoms with van der Waals surface area (Å²) in [7, 11) is 0. The largest absolute Gasteiger partial charge is 0.477 e. The molecule has 0 amide bonds. The van der Waals surface area contributed by atoms with Crippen molar-refractivity contribution in [2.45, 2.75) is 31.8 Å². The molecule has 2 unspecified atom stereocenters. The minimum Gasteiger partial charge on any atom is -0.477 e. The minimum absolute atomic E-state index is 0.167. The Morgan fingerprint density at radius 3 is 2.56 bits per heavy atom. The number of aliphatic carboxylic acids is 1. The molecule has 0 aromatic rings. The number of quaternary nitrogens is 1. The van der Waals surface area contributed by atoms with Crippen LogP contribution in [0.25, 0.3) is 0 Å². The average Bonchev–Trinajstić information content (AvgIpc) is 2.14. The van der Waals surface area contributed by atoms with Gasteiger partial charge in [0.1, 0.15) is 0 Å². The first-order valence-corrected chi connectivity index (χ1v) is 3.28. The lowest BCUT2D eigenvalue weighted by atomic mass is 10.2. The molecule has 0 aromatic heterocycles. The van der Waals surface area contributed by atoms with Crippen LogP contribution in [0.5, 0.6) is 0 Å². The highest BCUT2D eigenvalue weighted by Crippen LogP contribution is 2.02. The van der Waals surface area contributed by atoms with Crippen molar-refractivity contribution in [2.75, 3.05) is 0 Å². The summed E-state index contributed by atoms with van der Waals surface area (Å²) in [6, 6.07) is 0.339. The Hall–Kier alpha value is -0.570. The van der Waals surface area contributed by atoms with Crippen LogP contribution in [-0.2, 0) is 4.79 Å². The summed E-state index contributed by atoms with van der Waals surface area (Å²) in [5.74, 6) is -0.667. The van der Waals surface area contributed by atoms with Crippen LogP contribution in [0.1, 0.15) is 19.8 Å². The minimum atomic E-state index is -0.667. The van der Waals surface area contributed by atoms with Crippen LogP contribution >= 0.6 is 0 Å². The van der Waals surface area contributed by atoms with E-state index in [-0.39, 0.29) is 6.04 Å². The molecule has 1 aliphatic rings. The summed E-state index contributed by atoms with van der Waals surface area (Å²) in [5.41, 5.74) is 0. The van der Waals surface area contributed by atoms with Gasteiger partial charge in [-0.3, -0.25) is 0 Å². The molecule has 1 fully saturated rings. The maximum Gasteiger partial charge on any atom is 0.362 e. The highest BCUT2D eigenvalue weighted by atomic mass is 16.4. The van der Waals surface area contributed by atoms with Crippen LogP contribution < -0.4 is 5.32 Å². The van der Waals surface area contributed by atoms with Gasteiger partial charge >= 0.3 is 5.97 Å². The third-order valence-electron chi connectivity index (χ3n) is 1.81. The van der Waals surface area contributed by atoms with Crippen LogP contribution in [-0.4, -0.2) is 23.2 Å². The number of rotatable bonds is 1. The van der Waals surface area contributed by atoms with Crippen molar-refractivity contribution >= 4 is 5.97 Å². The highest BCUT2D eigenvalue weighted by molar-refractivity contribution is 5.71. The highest BCUT2D eigenvalue weighted by Gasteiger charge is 2.30. The second kappa shape index (κ2) is 2.35. The van der Waals surface area contributed by atoms with Crippen LogP contribution in [0.15, 0.2) is 0 Å². The van der Waals surface area contributed by atoms with E-state index in [1.54, 1.807) is 0 Å². The van der Waals surface area contributed by atoms with E-state index in [0.717, 1.165) is 12.8 Å². The van der Waals surface area contributed by atoms with Gasteiger partial charge in [0, 0.05) is 12.8 Å². The summed E-state index contributed by atoms with van der Waals surface area (Å²) in [5, 5.41) is 10.4. The molecule has 1 rings (SSSR count). The van der Waals surface area contributed by atoms with E-state index >= 15 is 0 Å². The van der Waals surface area contributed by atoms with Crippen LogP contribution in [0, 0.1) is 0 Å². The lowest BCUT2D eigenvalue weighted by molar-refractivity contribution is -0.688. The molecule has 3 nitrogen and oxygen atoms in total. The Balaban J connectivity index is 2.39. The number of carboxylic acid groups (broad SMARTS) is 1. The van der Waals surface area contributed by atoms with Gasteiger partial charge in [0.25, 0.3) is 0 Å². The molecular formula is C6H12NO2+. The van der Waals surface area contributed by atoms with Crippen molar-refractivity contribution in [3.63, 3.8) is 0 Å². The molecule has 0 spiro atoms. The molecule has 9 heavy (non-hydrogen) atoms. The normalized spacial score (nSPS) is 34.8. The Bertz CT molecular complexity index is 124. The Morgan fingerprint density at radius 1 is 1.67 bits per heavy atom. The molecule has 0 aliphatic carbocycles. The first-order chi connectivity index (χ1) is 4.20. The quantitative estimate of drug-likeness (QED) is 0.487. The molecule has 0 bridgehead atoms. The summed E-state index contributed by atoms with van der Waals surface area (Å²) in [6.45, 7) is 2.06. The van der Waals surface area contributed by atoms with E-state index < -0.39 is 5.97 Å². The number of nitrogens with two attached hydrogens (primary N) is 1. The average molecular weight is 130 g/mol. The van der Waals surface area contributed by atoms with Gasteiger partial charge < -0.3 is 10.4 Å². The van der Waals surface area contributed by atoms with E-state index in [1.807, 2.05) is 5.32 Å². The van der Waals surface area contributed by atoms with E-state index in [1.165, 1.54) is 0 Å². The van der Waals surface area contributed by atoms with E-state index in [4.69, 9.17) is 5.11 Å².